The number of rotatable bonds is 4. The van der Waals surface area contributed by atoms with Crippen LogP contribution in [0.2, 0.25) is 0 Å². The van der Waals surface area contributed by atoms with Crippen LogP contribution in [0.1, 0.15) is 35.3 Å². The van der Waals surface area contributed by atoms with E-state index in [4.69, 9.17) is 0 Å². The minimum absolute atomic E-state index is 0.296. The number of benzene rings is 2. The van der Waals surface area contributed by atoms with Crippen molar-refractivity contribution in [3.05, 3.63) is 70.5 Å². The van der Waals surface area contributed by atoms with Crippen molar-refractivity contribution in [1.29, 1.82) is 0 Å². The van der Waals surface area contributed by atoms with Gasteiger partial charge in [-0.1, -0.05) is 37.3 Å². The molecule has 0 saturated carbocycles. The Morgan fingerprint density at radius 3 is 2.26 bits per heavy atom. The number of hydrogen-bond acceptors (Lipinski definition) is 1. The van der Waals surface area contributed by atoms with Gasteiger partial charge in [0.2, 0.25) is 0 Å². The van der Waals surface area contributed by atoms with Crippen molar-refractivity contribution in [3.63, 3.8) is 0 Å². The van der Waals surface area contributed by atoms with Gasteiger partial charge in [-0.15, -0.1) is 0 Å². The Morgan fingerprint density at radius 2 is 1.68 bits per heavy atom. The summed E-state index contributed by atoms with van der Waals surface area (Å²) in [5.74, 6) is -0.296. The van der Waals surface area contributed by atoms with Gasteiger partial charge in [0.05, 0.1) is 6.10 Å². The highest BCUT2D eigenvalue weighted by atomic mass is 19.1. The Morgan fingerprint density at radius 1 is 1.05 bits per heavy atom. The zero-order valence-corrected chi connectivity index (χ0v) is 11.4. The van der Waals surface area contributed by atoms with Crippen molar-refractivity contribution in [2.45, 2.75) is 32.8 Å². The van der Waals surface area contributed by atoms with Gasteiger partial charge in [0.15, 0.2) is 0 Å². The van der Waals surface area contributed by atoms with Gasteiger partial charge in [-0.05, 0) is 47.7 Å². The van der Waals surface area contributed by atoms with E-state index >= 15 is 0 Å². The van der Waals surface area contributed by atoms with E-state index in [1.54, 1.807) is 0 Å². The number of hydrogen-bond donors (Lipinski definition) is 1. The quantitative estimate of drug-likeness (QED) is 0.879. The molecule has 0 fully saturated rings. The smallest absolute Gasteiger partial charge is 0.123 e. The zero-order valence-electron chi connectivity index (χ0n) is 11.4. The molecule has 0 aromatic heterocycles. The fourth-order valence-electron chi connectivity index (χ4n) is 2.21. The lowest BCUT2D eigenvalue weighted by Crippen LogP contribution is -2.03. The molecule has 2 aromatic rings. The second kappa shape index (κ2) is 5.98. The summed E-state index contributed by atoms with van der Waals surface area (Å²) in [6.07, 6.45) is 0.848. The zero-order chi connectivity index (χ0) is 13.8. The molecule has 2 aromatic carbocycles. The van der Waals surface area contributed by atoms with Crippen LogP contribution in [0.25, 0.3) is 0 Å². The maximum atomic E-state index is 13.3. The average Bonchev–Trinajstić information content (AvgIpc) is 2.38. The first-order chi connectivity index (χ1) is 9.08. The summed E-state index contributed by atoms with van der Waals surface area (Å²) in [7, 11) is 0. The lowest BCUT2D eigenvalue weighted by Gasteiger charge is -2.12. The van der Waals surface area contributed by atoms with E-state index in [0.29, 0.717) is 12.0 Å². The van der Waals surface area contributed by atoms with Crippen molar-refractivity contribution in [1.82, 2.24) is 0 Å². The molecule has 0 bridgehead atoms. The SMILES string of the molecule is CCc1ccc(CC(O)c2cc(C)cc(F)c2)cc1. The molecule has 0 heterocycles. The third-order valence-electron chi connectivity index (χ3n) is 3.31. The highest BCUT2D eigenvalue weighted by molar-refractivity contribution is 5.28. The number of aliphatic hydroxyl groups excluding tert-OH is 1. The minimum Gasteiger partial charge on any atom is -0.388 e. The molecule has 1 unspecified atom stereocenters. The first-order valence-electron chi connectivity index (χ1n) is 6.61. The lowest BCUT2D eigenvalue weighted by molar-refractivity contribution is 0.178. The Balaban J connectivity index is 2.13. The fourth-order valence-corrected chi connectivity index (χ4v) is 2.21. The van der Waals surface area contributed by atoms with E-state index in [2.05, 4.69) is 19.1 Å². The predicted octanol–water partition coefficient (Wildman–Crippen LogP) is 3.97. The topological polar surface area (TPSA) is 20.2 Å². The summed E-state index contributed by atoms with van der Waals surface area (Å²) in [6, 6.07) is 12.9. The molecule has 0 amide bonds. The number of aryl methyl sites for hydroxylation is 2. The van der Waals surface area contributed by atoms with Gasteiger partial charge >= 0.3 is 0 Å². The molecule has 1 nitrogen and oxygen atoms in total. The van der Waals surface area contributed by atoms with Crippen LogP contribution < -0.4 is 0 Å². The number of aliphatic hydroxyl groups is 1. The van der Waals surface area contributed by atoms with E-state index in [1.165, 1.54) is 17.7 Å². The Bertz CT molecular complexity index is 525. The van der Waals surface area contributed by atoms with Crippen LogP contribution in [0, 0.1) is 12.7 Å². The van der Waals surface area contributed by atoms with Crippen molar-refractivity contribution in [2.75, 3.05) is 0 Å². The maximum absolute atomic E-state index is 13.3. The predicted molar refractivity (Wildman–Crippen MR) is 75.6 cm³/mol. The van der Waals surface area contributed by atoms with Gasteiger partial charge in [0, 0.05) is 6.42 Å². The lowest BCUT2D eigenvalue weighted by atomic mass is 9.99. The van der Waals surface area contributed by atoms with Crippen LogP contribution in [-0.4, -0.2) is 5.11 Å². The summed E-state index contributed by atoms with van der Waals surface area (Å²) in [5.41, 5.74) is 3.80. The van der Waals surface area contributed by atoms with Crippen LogP contribution in [0.4, 0.5) is 4.39 Å². The van der Waals surface area contributed by atoms with E-state index < -0.39 is 6.10 Å². The summed E-state index contributed by atoms with van der Waals surface area (Å²) >= 11 is 0. The van der Waals surface area contributed by atoms with Crippen LogP contribution in [0.3, 0.4) is 0 Å². The monoisotopic (exact) mass is 258 g/mol. The average molecular weight is 258 g/mol. The molecule has 0 aliphatic rings. The molecular formula is C17H19FO. The standard InChI is InChI=1S/C17H19FO/c1-3-13-4-6-14(7-5-13)10-17(19)15-8-12(2)9-16(18)11-15/h4-9,11,17,19H,3,10H2,1-2H3. The molecule has 1 atom stereocenters. The summed E-state index contributed by atoms with van der Waals surface area (Å²) in [4.78, 5) is 0. The number of halogens is 1. The normalized spacial score (nSPS) is 12.4. The molecule has 0 aliphatic carbocycles. The molecule has 1 N–H and O–H groups in total. The summed E-state index contributed by atoms with van der Waals surface area (Å²) in [6.45, 7) is 3.94. The van der Waals surface area contributed by atoms with E-state index in [0.717, 1.165) is 17.5 Å². The first-order valence-corrected chi connectivity index (χ1v) is 6.61. The first kappa shape index (κ1) is 13.8. The third kappa shape index (κ3) is 3.65. The maximum Gasteiger partial charge on any atom is 0.123 e. The minimum atomic E-state index is -0.665. The van der Waals surface area contributed by atoms with E-state index in [1.807, 2.05) is 25.1 Å². The molecule has 2 rings (SSSR count). The van der Waals surface area contributed by atoms with Crippen LogP contribution in [0.15, 0.2) is 42.5 Å². The molecule has 19 heavy (non-hydrogen) atoms. The molecule has 100 valence electrons. The molecule has 0 saturated heterocycles. The second-order valence-electron chi connectivity index (χ2n) is 4.95. The summed E-state index contributed by atoms with van der Waals surface area (Å²) in [5, 5.41) is 10.2. The Labute approximate surface area is 113 Å². The molecule has 0 aliphatic heterocycles. The highest BCUT2D eigenvalue weighted by Gasteiger charge is 2.10. The molecule has 2 heteroatoms. The van der Waals surface area contributed by atoms with Gasteiger partial charge in [0.25, 0.3) is 0 Å². The van der Waals surface area contributed by atoms with Crippen LogP contribution in [0.5, 0.6) is 0 Å². The van der Waals surface area contributed by atoms with Crippen molar-refractivity contribution in [2.24, 2.45) is 0 Å². The van der Waals surface area contributed by atoms with Gasteiger partial charge in [-0.3, -0.25) is 0 Å². The molecule has 0 radical (unpaired) electrons. The molecular weight excluding hydrogens is 239 g/mol. The highest BCUT2D eigenvalue weighted by Crippen LogP contribution is 2.21. The van der Waals surface area contributed by atoms with E-state index in [9.17, 15) is 9.50 Å². The largest absolute Gasteiger partial charge is 0.388 e. The van der Waals surface area contributed by atoms with Crippen LogP contribution in [-0.2, 0) is 12.8 Å². The third-order valence-corrected chi connectivity index (χ3v) is 3.31. The summed E-state index contributed by atoms with van der Waals surface area (Å²) < 4.78 is 13.3. The van der Waals surface area contributed by atoms with Gasteiger partial charge in [-0.2, -0.15) is 0 Å². The van der Waals surface area contributed by atoms with Gasteiger partial charge in [0.1, 0.15) is 5.82 Å². The van der Waals surface area contributed by atoms with Crippen molar-refractivity contribution in [3.8, 4) is 0 Å². The van der Waals surface area contributed by atoms with E-state index in [-0.39, 0.29) is 5.82 Å². The Hall–Kier alpha value is -1.67. The van der Waals surface area contributed by atoms with Crippen molar-refractivity contribution >= 4 is 0 Å². The fraction of sp³-hybridized carbons (Fsp3) is 0.294. The Kier molecular flexibility index (Phi) is 4.33. The second-order valence-corrected chi connectivity index (χ2v) is 4.95. The van der Waals surface area contributed by atoms with Crippen LogP contribution >= 0.6 is 0 Å². The van der Waals surface area contributed by atoms with Crippen molar-refractivity contribution < 1.29 is 9.50 Å². The molecule has 0 spiro atoms. The van der Waals surface area contributed by atoms with Gasteiger partial charge in [-0.25, -0.2) is 4.39 Å². The van der Waals surface area contributed by atoms with Gasteiger partial charge < -0.3 is 5.11 Å².